The lowest BCUT2D eigenvalue weighted by Crippen LogP contribution is -2.22. The molecule has 0 bridgehead atoms. The number of para-hydroxylation sites is 1. The third kappa shape index (κ3) is 3.99. The van der Waals surface area contributed by atoms with E-state index in [9.17, 15) is 4.79 Å². The van der Waals surface area contributed by atoms with Crippen molar-refractivity contribution < 1.29 is 4.79 Å². The Morgan fingerprint density at radius 2 is 1.95 bits per heavy atom. The number of nitrogens with one attached hydrogen (secondary N) is 2. The molecule has 0 heterocycles. The predicted octanol–water partition coefficient (Wildman–Crippen LogP) is 4.46. The van der Waals surface area contributed by atoms with Gasteiger partial charge in [-0.05, 0) is 52.7 Å². The summed E-state index contributed by atoms with van der Waals surface area (Å²) in [6, 6.07) is 13.1. The largest absolute Gasteiger partial charge is 0.375 e. The molecule has 0 saturated carbocycles. The summed E-state index contributed by atoms with van der Waals surface area (Å²) in [4.78, 5) is 11.9. The van der Waals surface area contributed by atoms with Gasteiger partial charge in [-0.2, -0.15) is 0 Å². The molecule has 0 aliphatic heterocycles. The van der Waals surface area contributed by atoms with Crippen molar-refractivity contribution in [3.05, 3.63) is 57.5 Å². The lowest BCUT2D eigenvalue weighted by molar-refractivity contribution is -0.114. The molecule has 0 fully saturated rings. The van der Waals surface area contributed by atoms with Gasteiger partial charge in [-0.1, -0.05) is 29.8 Å². The number of amides is 1. The second kappa shape index (κ2) is 6.77. The van der Waals surface area contributed by atoms with E-state index < -0.39 is 0 Å². The zero-order chi connectivity index (χ0) is 14.5. The van der Waals surface area contributed by atoms with Crippen molar-refractivity contribution in [2.75, 3.05) is 17.2 Å². The Kier molecular flexibility index (Phi) is 5.04. The summed E-state index contributed by atoms with van der Waals surface area (Å²) in [7, 11) is 0. The minimum atomic E-state index is -0.130. The Balaban J connectivity index is 1.96. The van der Waals surface area contributed by atoms with Crippen molar-refractivity contribution in [3.8, 4) is 0 Å². The average molecular weight is 354 g/mol. The zero-order valence-corrected chi connectivity index (χ0v) is 13.3. The maximum atomic E-state index is 11.9. The van der Waals surface area contributed by atoms with E-state index in [1.165, 1.54) is 0 Å². The van der Waals surface area contributed by atoms with Crippen molar-refractivity contribution in [2.45, 2.75) is 6.92 Å². The summed E-state index contributed by atoms with van der Waals surface area (Å²) < 4.78 is 0.849. The molecule has 2 N–H and O–H groups in total. The van der Waals surface area contributed by atoms with Gasteiger partial charge in [-0.3, -0.25) is 4.79 Å². The Hall–Kier alpha value is -1.52. The van der Waals surface area contributed by atoms with Crippen molar-refractivity contribution in [1.82, 2.24) is 0 Å². The van der Waals surface area contributed by atoms with E-state index in [1.807, 2.05) is 49.4 Å². The summed E-state index contributed by atoms with van der Waals surface area (Å²) in [5, 5.41) is 6.46. The Morgan fingerprint density at radius 3 is 2.70 bits per heavy atom. The molecule has 2 aromatic rings. The van der Waals surface area contributed by atoms with Crippen molar-refractivity contribution in [3.63, 3.8) is 0 Å². The smallest absolute Gasteiger partial charge is 0.243 e. The fourth-order valence-corrected chi connectivity index (χ4v) is 2.28. The SMILES string of the molecule is Cc1ccc(Cl)c(NCC(=O)Nc2ccccc2Br)c1. The molecular formula is C15H14BrClN2O. The van der Waals surface area contributed by atoms with Crippen LogP contribution in [0.1, 0.15) is 5.56 Å². The summed E-state index contributed by atoms with van der Waals surface area (Å²) in [6.45, 7) is 2.13. The third-order valence-corrected chi connectivity index (χ3v) is 3.73. The molecule has 5 heteroatoms. The Bertz CT molecular complexity index is 631. The predicted molar refractivity (Wildman–Crippen MR) is 87.5 cm³/mol. The normalized spacial score (nSPS) is 10.2. The van der Waals surface area contributed by atoms with Crippen LogP contribution >= 0.6 is 27.5 Å². The monoisotopic (exact) mass is 352 g/mol. The van der Waals surface area contributed by atoms with Gasteiger partial charge in [0.1, 0.15) is 0 Å². The lowest BCUT2D eigenvalue weighted by Gasteiger charge is -2.10. The highest BCUT2D eigenvalue weighted by Crippen LogP contribution is 2.23. The van der Waals surface area contributed by atoms with E-state index in [-0.39, 0.29) is 12.5 Å². The number of hydrogen-bond donors (Lipinski definition) is 2. The molecule has 20 heavy (non-hydrogen) atoms. The van der Waals surface area contributed by atoms with Gasteiger partial charge >= 0.3 is 0 Å². The maximum absolute atomic E-state index is 11.9. The molecule has 1 amide bonds. The van der Waals surface area contributed by atoms with Crippen LogP contribution in [0.2, 0.25) is 5.02 Å². The average Bonchev–Trinajstić information content (AvgIpc) is 2.42. The first-order chi connectivity index (χ1) is 9.56. The number of carbonyl (C=O) groups excluding carboxylic acids is 1. The molecule has 2 rings (SSSR count). The number of rotatable bonds is 4. The van der Waals surface area contributed by atoms with Crippen LogP contribution in [0, 0.1) is 6.92 Å². The van der Waals surface area contributed by atoms with Crippen molar-refractivity contribution in [1.29, 1.82) is 0 Å². The van der Waals surface area contributed by atoms with Gasteiger partial charge in [0.25, 0.3) is 0 Å². The third-order valence-electron chi connectivity index (χ3n) is 2.71. The maximum Gasteiger partial charge on any atom is 0.243 e. The number of benzene rings is 2. The van der Waals surface area contributed by atoms with Crippen LogP contribution in [0.15, 0.2) is 46.9 Å². The van der Waals surface area contributed by atoms with Crippen LogP contribution in [-0.4, -0.2) is 12.5 Å². The van der Waals surface area contributed by atoms with Crippen molar-refractivity contribution in [2.24, 2.45) is 0 Å². The van der Waals surface area contributed by atoms with E-state index in [0.717, 1.165) is 21.4 Å². The van der Waals surface area contributed by atoms with E-state index >= 15 is 0 Å². The first-order valence-electron chi connectivity index (χ1n) is 6.10. The second-order valence-corrected chi connectivity index (χ2v) is 5.63. The van der Waals surface area contributed by atoms with E-state index in [2.05, 4.69) is 26.6 Å². The second-order valence-electron chi connectivity index (χ2n) is 4.36. The van der Waals surface area contributed by atoms with E-state index in [0.29, 0.717) is 5.02 Å². The molecule has 0 radical (unpaired) electrons. The quantitative estimate of drug-likeness (QED) is 0.852. The van der Waals surface area contributed by atoms with E-state index in [1.54, 1.807) is 0 Å². The van der Waals surface area contributed by atoms with Crippen LogP contribution < -0.4 is 10.6 Å². The first kappa shape index (κ1) is 14.9. The summed E-state index contributed by atoms with van der Waals surface area (Å²) in [5.41, 5.74) is 2.59. The molecule has 104 valence electrons. The summed E-state index contributed by atoms with van der Waals surface area (Å²) >= 11 is 9.45. The summed E-state index contributed by atoms with van der Waals surface area (Å²) in [6.07, 6.45) is 0. The molecule has 0 unspecified atom stereocenters. The molecule has 2 aromatic carbocycles. The molecule has 0 aliphatic carbocycles. The summed E-state index contributed by atoms with van der Waals surface area (Å²) in [5.74, 6) is -0.130. The van der Waals surface area contributed by atoms with Crippen LogP contribution in [0.4, 0.5) is 11.4 Å². The van der Waals surface area contributed by atoms with Gasteiger partial charge in [0.15, 0.2) is 0 Å². The van der Waals surface area contributed by atoms with Crippen LogP contribution in [-0.2, 0) is 4.79 Å². The zero-order valence-electron chi connectivity index (χ0n) is 10.9. The van der Waals surface area contributed by atoms with Gasteiger partial charge in [0.05, 0.1) is 22.9 Å². The number of hydrogen-bond acceptors (Lipinski definition) is 2. The molecule has 0 atom stereocenters. The van der Waals surface area contributed by atoms with Crippen LogP contribution in [0.3, 0.4) is 0 Å². The van der Waals surface area contributed by atoms with E-state index in [4.69, 9.17) is 11.6 Å². The fraction of sp³-hybridized carbons (Fsp3) is 0.133. The fourth-order valence-electron chi connectivity index (χ4n) is 1.71. The Morgan fingerprint density at radius 1 is 1.20 bits per heavy atom. The minimum Gasteiger partial charge on any atom is -0.375 e. The number of carbonyl (C=O) groups is 1. The van der Waals surface area contributed by atoms with Gasteiger partial charge in [-0.15, -0.1) is 0 Å². The molecule has 0 saturated heterocycles. The first-order valence-corrected chi connectivity index (χ1v) is 7.28. The van der Waals surface area contributed by atoms with Gasteiger partial charge in [0, 0.05) is 4.47 Å². The van der Waals surface area contributed by atoms with Crippen LogP contribution in [0.25, 0.3) is 0 Å². The van der Waals surface area contributed by atoms with Gasteiger partial charge in [0.2, 0.25) is 5.91 Å². The minimum absolute atomic E-state index is 0.130. The van der Waals surface area contributed by atoms with Gasteiger partial charge in [-0.25, -0.2) is 0 Å². The molecule has 0 aliphatic rings. The molecule has 0 aromatic heterocycles. The molecular weight excluding hydrogens is 340 g/mol. The van der Waals surface area contributed by atoms with Gasteiger partial charge < -0.3 is 10.6 Å². The highest BCUT2D eigenvalue weighted by atomic mass is 79.9. The standard InChI is InChI=1S/C15H14BrClN2O/c1-10-6-7-12(17)14(8-10)18-9-15(20)19-13-5-3-2-4-11(13)16/h2-8,18H,9H2,1H3,(H,19,20). The molecule has 3 nitrogen and oxygen atoms in total. The van der Waals surface area contributed by atoms with Crippen LogP contribution in [0.5, 0.6) is 0 Å². The topological polar surface area (TPSA) is 41.1 Å². The lowest BCUT2D eigenvalue weighted by atomic mass is 10.2. The highest BCUT2D eigenvalue weighted by molar-refractivity contribution is 9.10. The number of anilines is 2. The number of aryl methyl sites for hydroxylation is 1. The Labute approximate surface area is 131 Å². The van der Waals surface area contributed by atoms with Crippen molar-refractivity contribution >= 4 is 44.8 Å². The number of halogens is 2. The molecule has 0 spiro atoms. The highest BCUT2D eigenvalue weighted by Gasteiger charge is 2.06.